The minimum absolute atomic E-state index is 0.00836. The van der Waals surface area contributed by atoms with Gasteiger partial charge in [-0.15, -0.1) is 0 Å². The summed E-state index contributed by atoms with van der Waals surface area (Å²) in [6.45, 7) is 3.15. The van der Waals surface area contributed by atoms with Gasteiger partial charge in [0.2, 0.25) is 5.88 Å². The molecule has 1 saturated carbocycles. The summed E-state index contributed by atoms with van der Waals surface area (Å²) in [5.41, 5.74) is -2.28. The molecule has 1 atom stereocenters. The first-order valence-electron chi connectivity index (χ1n) is 13.7. The Labute approximate surface area is 234 Å². The molecule has 2 aliphatic rings. The van der Waals surface area contributed by atoms with E-state index < -0.39 is 34.9 Å². The summed E-state index contributed by atoms with van der Waals surface area (Å²) in [4.78, 5) is 70.7. The number of hydrogen-bond acceptors (Lipinski definition) is 10. The number of aromatic amines is 1. The zero-order valence-corrected chi connectivity index (χ0v) is 23.0. The molecule has 5 rings (SSSR count). The minimum Gasteiger partial charge on any atom is -0.465 e. The maximum absolute atomic E-state index is 14.3. The SMILES string of the molecule is CCOC(=O)C1=C(NC2CCCCC2)Oc2c(c(=O)n3c(c2C(=O)OC)c(=O)[nH]c2ccccc23)C1C(=O)OCC. The van der Waals surface area contributed by atoms with Crippen LogP contribution in [0.15, 0.2) is 45.3 Å². The van der Waals surface area contributed by atoms with Crippen LogP contribution in [-0.2, 0) is 23.8 Å². The fourth-order valence-corrected chi connectivity index (χ4v) is 5.58. The lowest BCUT2D eigenvalue weighted by molar-refractivity contribution is -0.148. The van der Waals surface area contributed by atoms with E-state index in [0.29, 0.717) is 5.52 Å². The van der Waals surface area contributed by atoms with E-state index in [9.17, 15) is 24.0 Å². The number of aromatic nitrogens is 2. The van der Waals surface area contributed by atoms with Gasteiger partial charge in [-0.05, 0) is 38.8 Å². The van der Waals surface area contributed by atoms with Gasteiger partial charge in [0.1, 0.15) is 22.6 Å². The Morgan fingerprint density at radius 3 is 2.41 bits per heavy atom. The summed E-state index contributed by atoms with van der Waals surface area (Å²) in [6, 6.07) is 6.38. The minimum atomic E-state index is -1.62. The molecule has 0 amide bonds. The second-order valence-electron chi connectivity index (χ2n) is 9.80. The van der Waals surface area contributed by atoms with Gasteiger partial charge in [0, 0.05) is 6.04 Å². The van der Waals surface area contributed by atoms with E-state index in [1.54, 1.807) is 38.1 Å². The Morgan fingerprint density at radius 2 is 1.73 bits per heavy atom. The van der Waals surface area contributed by atoms with E-state index >= 15 is 0 Å². The average Bonchev–Trinajstić information content (AvgIpc) is 2.97. The number of nitrogens with one attached hydrogen (secondary N) is 2. The first-order chi connectivity index (χ1) is 19.8. The maximum atomic E-state index is 14.3. The summed E-state index contributed by atoms with van der Waals surface area (Å²) in [7, 11) is 1.12. The van der Waals surface area contributed by atoms with Gasteiger partial charge >= 0.3 is 17.9 Å². The molecular weight excluding hydrogens is 534 g/mol. The monoisotopic (exact) mass is 565 g/mol. The maximum Gasteiger partial charge on any atom is 0.344 e. The zero-order valence-electron chi connectivity index (χ0n) is 23.0. The van der Waals surface area contributed by atoms with Crippen LogP contribution >= 0.6 is 0 Å². The molecule has 3 aromatic rings. The number of methoxy groups -OCH3 is 1. The number of hydrogen-bond donors (Lipinski definition) is 2. The number of benzene rings is 1. The first-order valence-corrected chi connectivity index (χ1v) is 13.7. The fourth-order valence-electron chi connectivity index (χ4n) is 5.58. The molecule has 216 valence electrons. The van der Waals surface area contributed by atoms with Crippen molar-refractivity contribution in [3.8, 4) is 5.75 Å². The highest BCUT2D eigenvalue weighted by molar-refractivity contribution is 6.05. The van der Waals surface area contributed by atoms with Crippen molar-refractivity contribution >= 4 is 34.5 Å². The fraction of sp³-hybridized carbons (Fsp3) is 0.414. The van der Waals surface area contributed by atoms with Gasteiger partial charge in [-0.25, -0.2) is 9.59 Å². The molecule has 1 fully saturated rings. The van der Waals surface area contributed by atoms with E-state index in [1.807, 2.05) is 0 Å². The number of pyridine rings is 1. The van der Waals surface area contributed by atoms with Gasteiger partial charge in [-0.3, -0.25) is 18.8 Å². The van der Waals surface area contributed by atoms with Crippen LogP contribution in [-0.4, -0.2) is 53.7 Å². The van der Waals surface area contributed by atoms with E-state index in [1.165, 1.54) is 0 Å². The number of ether oxygens (including phenoxy) is 4. The average molecular weight is 566 g/mol. The molecule has 41 heavy (non-hydrogen) atoms. The molecule has 2 N–H and O–H groups in total. The van der Waals surface area contributed by atoms with Crippen molar-refractivity contribution in [3.05, 3.63) is 67.6 Å². The molecule has 12 nitrogen and oxygen atoms in total. The number of fused-ring (bicyclic) bond motifs is 4. The smallest absolute Gasteiger partial charge is 0.344 e. The van der Waals surface area contributed by atoms with Crippen molar-refractivity contribution in [2.45, 2.75) is 57.9 Å². The van der Waals surface area contributed by atoms with Gasteiger partial charge in [-0.1, -0.05) is 31.4 Å². The third-order valence-electron chi connectivity index (χ3n) is 7.35. The van der Waals surface area contributed by atoms with Crippen LogP contribution in [0.1, 0.15) is 67.8 Å². The van der Waals surface area contributed by atoms with Crippen LogP contribution < -0.4 is 21.2 Å². The number of rotatable bonds is 7. The summed E-state index contributed by atoms with van der Waals surface area (Å²) in [5, 5.41) is 3.21. The van der Waals surface area contributed by atoms with Crippen LogP contribution in [0.3, 0.4) is 0 Å². The molecule has 1 unspecified atom stereocenters. The normalized spacial score (nSPS) is 17.1. The van der Waals surface area contributed by atoms with Gasteiger partial charge in [0.05, 0.1) is 36.9 Å². The number of carbonyl (C=O) groups is 3. The van der Waals surface area contributed by atoms with Crippen LogP contribution in [0.25, 0.3) is 16.6 Å². The van der Waals surface area contributed by atoms with Crippen LogP contribution in [0.5, 0.6) is 5.75 Å². The van der Waals surface area contributed by atoms with Crippen molar-refractivity contribution in [3.63, 3.8) is 0 Å². The van der Waals surface area contributed by atoms with E-state index in [-0.39, 0.29) is 58.6 Å². The number of carbonyl (C=O) groups excluding carboxylic acids is 3. The van der Waals surface area contributed by atoms with E-state index in [4.69, 9.17) is 18.9 Å². The number of para-hydroxylation sites is 2. The molecule has 1 aromatic carbocycles. The summed E-state index contributed by atoms with van der Waals surface area (Å²) >= 11 is 0. The Morgan fingerprint density at radius 1 is 1.02 bits per heavy atom. The highest BCUT2D eigenvalue weighted by atomic mass is 16.5. The highest BCUT2D eigenvalue weighted by Gasteiger charge is 2.46. The predicted octanol–water partition coefficient (Wildman–Crippen LogP) is 2.66. The third-order valence-corrected chi connectivity index (χ3v) is 7.35. The molecule has 0 bridgehead atoms. The number of H-pyrrole nitrogens is 1. The lowest BCUT2D eigenvalue weighted by Gasteiger charge is -2.32. The molecule has 3 heterocycles. The first kappa shape index (κ1) is 27.9. The van der Waals surface area contributed by atoms with Crippen molar-refractivity contribution in [1.82, 2.24) is 14.7 Å². The second-order valence-corrected chi connectivity index (χ2v) is 9.80. The van der Waals surface area contributed by atoms with Gasteiger partial charge in [0.25, 0.3) is 11.1 Å². The Hall–Kier alpha value is -4.61. The molecule has 0 spiro atoms. The van der Waals surface area contributed by atoms with Crippen molar-refractivity contribution in [2.24, 2.45) is 0 Å². The largest absolute Gasteiger partial charge is 0.465 e. The number of nitrogens with zero attached hydrogens (tertiary/aromatic N) is 1. The summed E-state index contributed by atoms with van der Waals surface area (Å²) in [5.74, 6) is -4.87. The van der Waals surface area contributed by atoms with Gasteiger partial charge in [-0.2, -0.15) is 0 Å². The van der Waals surface area contributed by atoms with Gasteiger partial charge < -0.3 is 29.2 Å². The lowest BCUT2D eigenvalue weighted by Crippen LogP contribution is -2.42. The van der Waals surface area contributed by atoms with Crippen LogP contribution in [0, 0.1) is 0 Å². The van der Waals surface area contributed by atoms with Crippen molar-refractivity contribution in [1.29, 1.82) is 0 Å². The standard InChI is InChI=1S/C29H31N3O9/c1-4-39-28(36)18-19-23(41-25(20(18)29(37)40-5-2)30-15-11-7-6-8-12-15)21(27(35)38-3)22-24(33)31-16-13-9-10-14-17(16)32(22)26(19)34/h9-10,13-15,18,30H,4-8,11-12H2,1-3H3,(H,31,33). The summed E-state index contributed by atoms with van der Waals surface area (Å²) < 4.78 is 22.9. The topological polar surface area (TPSA) is 154 Å². The molecule has 0 radical (unpaired) electrons. The summed E-state index contributed by atoms with van der Waals surface area (Å²) in [6.07, 6.45) is 4.49. The molecule has 12 heteroatoms. The van der Waals surface area contributed by atoms with Crippen LogP contribution in [0.4, 0.5) is 0 Å². The predicted molar refractivity (Wildman–Crippen MR) is 147 cm³/mol. The molecule has 1 aliphatic heterocycles. The third kappa shape index (κ3) is 4.83. The van der Waals surface area contributed by atoms with Crippen molar-refractivity contribution < 1.29 is 33.3 Å². The Bertz CT molecular complexity index is 1700. The molecule has 1 aliphatic carbocycles. The van der Waals surface area contributed by atoms with Crippen LogP contribution in [0.2, 0.25) is 0 Å². The molecule has 2 aromatic heterocycles. The zero-order chi connectivity index (χ0) is 29.3. The van der Waals surface area contributed by atoms with Crippen molar-refractivity contribution in [2.75, 3.05) is 20.3 Å². The second kappa shape index (κ2) is 11.5. The molecular formula is C29H31N3O9. The Balaban J connectivity index is 1.91. The quantitative estimate of drug-likeness (QED) is 0.248. The van der Waals surface area contributed by atoms with Gasteiger partial charge in [0.15, 0.2) is 5.75 Å². The Kier molecular flexibility index (Phi) is 7.82. The highest BCUT2D eigenvalue weighted by Crippen LogP contribution is 2.42. The van der Waals surface area contributed by atoms with E-state index in [0.717, 1.165) is 43.6 Å². The number of esters is 3. The molecule has 0 saturated heterocycles. The van der Waals surface area contributed by atoms with E-state index in [2.05, 4.69) is 10.3 Å². The lowest BCUT2D eigenvalue weighted by atomic mass is 9.87.